The molecule has 2 N–H and O–H groups in total. The molecule has 1 atom stereocenters. The molecule has 5 aromatic rings. The minimum Gasteiger partial charge on any atom is -0.355 e. The lowest BCUT2D eigenvalue weighted by Gasteiger charge is -2.37. The zero-order valence-corrected chi connectivity index (χ0v) is 26.0. The lowest BCUT2D eigenvalue weighted by molar-refractivity contribution is -0.836. The normalized spacial score (nSPS) is 20.0. The van der Waals surface area contributed by atoms with Crippen LogP contribution in [0.3, 0.4) is 0 Å². The SMILES string of the molecule is C1=CC2=[N+]3C1=Cc1ccc4n1C31n3c(ccc3=C4)=CC3=[N+]1C(=C2)C=C3.C1=Cc2cc3ccc(cc4ccc(cc5nc(cc1n2)C=C5)[nH]4)[nH]3. The Hall–Kier alpha value is -6.80. The van der Waals surface area contributed by atoms with E-state index in [4.69, 9.17) is 0 Å². The van der Waals surface area contributed by atoms with Crippen LogP contribution < -0.4 is 10.7 Å². The number of aromatic nitrogens is 6. The number of nitrogens with one attached hydrogen (secondary N) is 2. The number of allylic oxidation sites excluding steroid dienone is 5. The molecule has 0 saturated carbocycles. The molecule has 0 saturated heterocycles. The van der Waals surface area contributed by atoms with Crippen LogP contribution in [0.5, 0.6) is 0 Å². The summed E-state index contributed by atoms with van der Waals surface area (Å²) in [5, 5.41) is 2.51. The summed E-state index contributed by atoms with van der Waals surface area (Å²) in [6.07, 6.45) is 26.2. The summed E-state index contributed by atoms with van der Waals surface area (Å²) in [6, 6.07) is 25.4. The van der Waals surface area contributed by atoms with E-state index in [2.05, 4.69) is 141 Å². The Bertz CT molecular complexity index is 2900. The average Bonchev–Trinajstić information content (AvgIpc) is 3.94. The van der Waals surface area contributed by atoms with Gasteiger partial charge in [0.05, 0.1) is 50.9 Å². The summed E-state index contributed by atoms with van der Waals surface area (Å²) in [5.74, 6) is -0.433. The van der Waals surface area contributed by atoms with Crippen molar-refractivity contribution >= 4 is 76.0 Å². The molecular weight excluding hydrogens is 605 g/mol. The summed E-state index contributed by atoms with van der Waals surface area (Å²) in [7, 11) is 0. The second kappa shape index (κ2) is 8.76. The van der Waals surface area contributed by atoms with E-state index in [0.29, 0.717) is 0 Å². The van der Waals surface area contributed by atoms with Gasteiger partial charge in [-0.15, -0.1) is 0 Å². The van der Waals surface area contributed by atoms with Crippen molar-refractivity contribution in [3.05, 3.63) is 159 Å². The minimum atomic E-state index is -0.433. The Balaban J connectivity index is 0.000000113. The van der Waals surface area contributed by atoms with Crippen molar-refractivity contribution in [1.29, 1.82) is 0 Å². The lowest BCUT2D eigenvalue weighted by atomic mass is 10.1. The third-order valence-corrected chi connectivity index (χ3v) is 10.2. The highest BCUT2D eigenvalue weighted by molar-refractivity contribution is 6.16. The Kier molecular flexibility index (Phi) is 4.52. The maximum Gasteiger partial charge on any atom is 0.553 e. The number of hydrogen-bond donors (Lipinski definition) is 2. The van der Waals surface area contributed by atoms with Gasteiger partial charge in [-0.3, -0.25) is 0 Å². The van der Waals surface area contributed by atoms with Crippen LogP contribution in [0.1, 0.15) is 34.2 Å². The molecule has 8 aliphatic rings. The van der Waals surface area contributed by atoms with Gasteiger partial charge in [-0.1, -0.05) is 9.15 Å². The Morgan fingerprint density at radius 1 is 0.449 bits per heavy atom. The van der Waals surface area contributed by atoms with E-state index in [0.717, 1.165) is 44.8 Å². The summed E-state index contributed by atoms with van der Waals surface area (Å²) in [4.78, 5) is 16.0. The summed E-state index contributed by atoms with van der Waals surface area (Å²) in [5.41, 5.74) is 15.4. The number of aromatic amines is 2. The van der Waals surface area contributed by atoms with E-state index in [-0.39, 0.29) is 0 Å². The molecule has 8 bridgehead atoms. The number of fused-ring (bicyclic) bond motifs is 8. The van der Waals surface area contributed by atoms with E-state index in [1.165, 1.54) is 44.9 Å². The molecule has 228 valence electrons. The van der Waals surface area contributed by atoms with E-state index in [9.17, 15) is 0 Å². The monoisotopic (exact) mass is 630 g/mol. The number of nitrogens with zero attached hydrogens (tertiary/aromatic N) is 6. The van der Waals surface area contributed by atoms with Gasteiger partial charge < -0.3 is 9.97 Å². The second-order valence-corrected chi connectivity index (χ2v) is 13.2. The first-order valence-corrected chi connectivity index (χ1v) is 16.5. The first kappa shape index (κ1) is 25.3. The molecule has 5 aromatic heterocycles. The Labute approximate surface area is 279 Å². The smallest absolute Gasteiger partial charge is 0.355 e. The van der Waals surface area contributed by atoms with Crippen LogP contribution in [-0.4, -0.2) is 49.6 Å². The van der Waals surface area contributed by atoms with Crippen LogP contribution in [0.4, 0.5) is 0 Å². The molecule has 13 heterocycles. The molecule has 1 spiro atoms. The second-order valence-electron chi connectivity index (χ2n) is 13.2. The summed E-state index contributed by atoms with van der Waals surface area (Å²) >= 11 is 0. The predicted octanol–water partition coefficient (Wildman–Crippen LogP) is 5.30. The maximum absolute atomic E-state index is 4.62. The molecular formula is C41H26N8+2. The van der Waals surface area contributed by atoms with Crippen LogP contribution in [0.2, 0.25) is 0 Å². The van der Waals surface area contributed by atoms with Crippen molar-refractivity contribution in [2.75, 3.05) is 0 Å². The minimum absolute atomic E-state index is 0.433. The van der Waals surface area contributed by atoms with Gasteiger partial charge in [-0.25, -0.2) is 9.97 Å². The molecule has 13 rings (SSSR count). The van der Waals surface area contributed by atoms with Crippen LogP contribution in [0, 0.1) is 0 Å². The van der Waals surface area contributed by atoms with Crippen molar-refractivity contribution in [2.45, 2.75) is 5.91 Å². The van der Waals surface area contributed by atoms with Gasteiger partial charge in [0.15, 0.2) is 0 Å². The Morgan fingerprint density at radius 2 is 0.959 bits per heavy atom. The highest BCUT2D eigenvalue weighted by atomic mass is 15.6. The molecule has 0 amide bonds. The third-order valence-electron chi connectivity index (χ3n) is 10.2. The average molecular weight is 631 g/mol. The van der Waals surface area contributed by atoms with E-state index in [1.807, 2.05) is 42.5 Å². The van der Waals surface area contributed by atoms with Gasteiger partial charge in [-0.05, 0) is 103 Å². The molecule has 0 aliphatic carbocycles. The van der Waals surface area contributed by atoms with Crippen LogP contribution >= 0.6 is 0 Å². The van der Waals surface area contributed by atoms with Gasteiger partial charge in [-0.2, -0.15) is 9.13 Å². The highest BCUT2D eigenvalue weighted by Crippen LogP contribution is 2.43. The van der Waals surface area contributed by atoms with Crippen molar-refractivity contribution < 1.29 is 9.15 Å². The van der Waals surface area contributed by atoms with Gasteiger partial charge in [0.25, 0.3) is 0 Å². The quantitative estimate of drug-likeness (QED) is 0.224. The van der Waals surface area contributed by atoms with E-state index < -0.39 is 5.91 Å². The summed E-state index contributed by atoms with van der Waals surface area (Å²) < 4.78 is 9.92. The Morgan fingerprint density at radius 3 is 1.59 bits per heavy atom. The predicted molar refractivity (Wildman–Crippen MR) is 193 cm³/mol. The topological polar surface area (TPSA) is 73.2 Å². The van der Waals surface area contributed by atoms with E-state index in [1.54, 1.807) is 0 Å². The van der Waals surface area contributed by atoms with Gasteiger partial charge >= 0.3 is 5.91 Å². The fourth-order valence-corrected chi connectivity index (χ4v) is 8.31. The molecule has 8 aliphatic heterocycles. The third kappa shape index (κ3) is 3.36. The van der Waals surface area contributed by atoms with Gasteiger partial charge in [0.2, 0.25) is 22.8 Å². The fourth-order valence-electron chi connectivity index (χ4n) is 8.31. The fraction of sp³-hybridized carbons (Fsp3) is 0.0244. The molecule has 1 unspecified atom stereocenters. The van der Waals surface area contributed by atoms with Crippen molar-refractivity contribution in [3.8, 4) is 0 Å². The molecule has 0 aromatic carbocycles. The lowest BCUT2D eigenvalue weighted by Crippen LogP contribution is -2.69. The van der Waals surface area contributed by atoms with Crippen molar-refractivity contribution in [2.24, 2.45) is 0 Å². The molecule has 8 nitrogen and oxygen atoms in total. The maximum atomic E-state index is 4.62. The molecule has 49 heavy (non-hydrogen) atoms. The summed E-state index contributed by atoms with van der Waals surface area (Å²) in [6.45, 7) is 0. The highest BCUT2D eigenvalue weighted by Gasteiger charge is 2.69. The van der Waals surface area contributed by atoms with Gasteiger partial charge in [0, 0.05) is 58.5 Å². The van der Waals surface area contributed by atoms with Crippen LogP contribution in [0.15, 0.2) is 115 Å². The van der Waals surface area contributed by atoms with Gasteiger partial charge in [0.1, 0.15) is 0 Å². The molecule has 0 radical (unpaired) electrons. The molecule has 0 fully saturated rings. The van der Waals surface area contributed by atoms with Crippen molar-refractivity contribution in [1.82, 2.24) is 29.1 Å². The van der Waals surface area contributed by atoms with Crippen LogP contribution in [-0.2, 0) is 5.91 Å². The zero-order chi connectivity index (χ0) is 31.8. The first-order chi connectivity index (χ1) is 24.2. The largest absolute Gasteiger partial charge is 0.553 e. The van der Waals surface area contributed by atoms with Crippen molar-refractivity contribution in [3.63, 3.8) is 0 Å². The number of rotatable bonds is 0. The number of hydrogen-bond acceptors (Lipinski definition) is 2. The van der Waals surface area contributed by atoms with Crippen LogP contribution in [0.25, 0.3) is 64.6 Å². The van der Waals surface area contributed by atoms with E-state index >= 15 is 0 Å². The first-order valence-electron chi connectivity index (χ1n) is 16.5. The number of H-pyrrole nitrogens is 2. The molecule has 8 heteroatoms. The standard InChI is InChI=1S/C21H12N4.C20H14N4/c1-2-14-10-16-5-6-18-12-20-8-7-19-11-17-4-3-15-9-13(1)22(14)21(23(15)17,24(16)18)25(19)20;1-2-14-10-16-5-6-18(23-16)12-20-8-7-19(24-20)11-17-4-3-15(22-17)9-13(1)21-14/h1-12H;1-12,21-22H/q+2;. The zero-order valence-electron chi connectivity index (χ0n) is 26.0.